The standard InChI is InChI=1S/C11H10F3N/c1-7-2-3-8-6-9(11(12,13)14)4-5-10(8)15-7/h2,4-6,8H,3H2,1H3. The van der Waals surface area contributed by atoms with Crippen LogP contribution in [0.2, 0.25) is 0 Å². The third-order valence-electron chi connectivity index (χ3n) is 2.49. The molecule has 1 unspecified atom stereocenters. The van der Waals surface area contributed by atoms with Gasteiger partial charge in [-0.3, -0.25) is 4.99 Å². The molecule has 1 nitrogen and oxygen atoms in total. The Kier molecular flexibility index (Phi) is 2.29. The SMILES string of the molecule is CC1=CCC2C=C(C(F)(F)F)C=CC2=N1. The van der Waals surface area contributed by atoms with Crippen LogP contribution in [0.25, 0.3) is 0 Å². The van der Waals surface area contributed by atoms with Gasteiger partial charge in [0.05, 0.1) is 5.57 Å². The van der Waals surface area contributed by atoms with Crippen molar-refractivity contribution in [3.8, 4) is 0 Å². The number of nitrogens with zero attached hydrogens (tertiary/aromatic N) is 1. The molecule has 15 heavy (non-hydrogen) atoms. The highest BCUT2D eigenvalue weighted by molar-refractivity contribution is 6.01. The molecule has 0 saturated heterocycles. The number of rotatable bonds is 0. The largest absolute Gasteiger partial charge is 0.416 e. The van der Waals surface area contributed by atoms with Crippen molar-refractivity contribution in [3.63, 3.8) is 0 Å². The summed E-state index contributed by atoms with van der Waals surface area (Å²) in [6.07, 6.45) is 2.02. The van der Waals surface area contributed by atoms with E-state index in [2.05, 4.69) is 4.99 Å². The van der Waals surface area contributed by atoms with Crippen molar-refractivity contribution in [1.82, 2.24) is 0 Å². The minimum atomic E-state index is -4.25. The molecule has 0 bridgehead atoms. The van der Waals surface area contributed by atoms with Crippen LogP contribution >= 0.6 is 0 Å². The molecule has 0 aromatic carbocycles. The smallest absolute Gasteiger partial charge is 0.258 e. The van der Waals surface area contributed by atoms with Crippen LogP contribution in [0.15, 0.2) is 40.6 Å². The van der Waals surface area contributed by atoms with Gasteiger partial charge in [0.15, 0.2) is 0 Å². The fourth-order valence-corrected chi connectivity index (χ4v) is 1.70. The van der Waals surface area contributed by atoms with Gasteiger partial charge < -0.3 is 0 Å². The van der Waals surface area contributed by atoms with Crippen LogP contribution in [0.3, 0.4) is 0 Å². The zero-order valence-corrected chi connectivity index (χ0v) is 8.17. The molecule has 0 radical (unpaired) electrons. The molecule has 2 aliphatic rings. The number of halogens is 3. The van der Waals surface area contributed by atoms with E-state index < -0.39 is 11.7 Å². The Balaban J connectivity index is 2.29. The van der Waals surface area contributed by atoms with Gasteiger partial charge in [-0.15, -0.1) is 0 Å². The third kappa shape index (κ3) is 2.03. The topological polar surface area (TPSA) is 12.4 Å². The highest BCUT2D eigenvalue weighted by Gasteiger charge is 2.34. The Morgan fingerprint density at radius 3 is 2.73 bits per heavy atom. The molecule has 1 aliphatic carbocycles. The monoisotopic (exact) mass is 213 g/mol. The molecule has 0 aromatic rings. The molecule has 1 aliphatic heterocycles. The Bertz CT molecular complexity index is 397. The molecular formula is C11H10F3N. The minimum absolute atomic E-state index is 0.213. The van der Waals surface area contributed by atoms with Crippen molar-refractivity contribution in [3.05, 3.63) is 35.6 Å². The second-order valence-corrected chi connectivity index (χ2v) is 3.68. The van der Waals surface area contributed by atoms with Gasteiger partial charge in [-0.1, -0.05) is 12.2 Å². The third-order valence-corrected chi connectivity index (χ3v) is 2.49. The van der Waals surface area contributed by atoms with Gasteiger partial charge in [-0.2, -0.15) is 13.2 Å². The molecule has 2 rings (SSSR count). The molecule has 1 atom stereocenters. The first-order valence-electron chi connectivity index (χ1n) is 4.69. The molecule has 4 heteroatoms. The van der Waals surface area contributed by atoms with Gasteiger partial charge in [0.25, 0.3) is 0 Å². The predicted molar refractivity (Wildman–Crippen MR) is 52.6 cm³/mol. The lowest BCUT2D eigenvalue weighted by Crippen LogP contribution is -2.21. The summed E-state index contributed by atoms with van der Waals surface area (Å²) in [5.41, 5.74) is 1.03. The van der Waals surface area contributed by atoms with Crippen molar-refractivity contribution >= 4 is 5.71 Å². The minimum Gasteiger partial charge on any atom is -0.258 e. The normalized spacial score (nSPS) is 25.3. The average Bonchev–Trinajstić information content (AvgIpc) is 2.15. The summed E-state index contributed by atoms with van der Waals surface area (Å²) in [4.78, 5) is 4.20. The molecule has 0 spiro atoms. The maximum absolute atomic E-state index is 12.4. The number of allylic oxidation sites excluding steroid dienone is 6. The van der Waals surface area contributed by atoms with Crippen LogP contribution in [-0.2, 0) is 0 Å². The zero-order chi connectivity index (χ0) is 11.1. The van der Waals surface area contributed by atoms with Gasteiger partial charge in [0, 0.05) is 17.3 Å². The van der Waals surface area contributed by atoms with Crippen LogP contribution in [0, 0.1) is 5.92 Å². The zero-order valence-electron chi connectivity index (χ0n) is 8.17. The summed E-state index contributed by atoms with van der Waals surface area (Å²) in [5, 5.41) is 0. The van der Waals surface area contributed by atoms with E-state index in [0.717, 1.165) is 17.5 Å². The van der Waals surface area contributed by atoms with Crippen molar-refractivity contribution < 1.29 is 13.2 Å². The Hall–Kier alpha value is -1.32. The summed E-state index contributed by atoms with van der Waals surface area (Å²) in [5.74, 6) is -0.213. The fourth-order valence-electron chi connectivity index (χ4n) is 1.70. The molecule has 0 fully saturated rings. The van der Waals surface area contributed by atoms with Crippen LogP contribution in [0.4, 0.5) is 13.2 Å². The molecule has 0 aromatic heterocycles. The highest BCUT2D eigenvalue weighted by atomic mass is 19.4. The number of aliphatic imine (C=N–C) groups is 1. The number of alkyl halides is 3. The summed E-state index contributed by atoms with van der Waals surface area (Å²) < 4.78 is 37.2. The lowest BCUT2D eigenvalue weighted by molar-refractivity contribution is -0.0886. The second kappa shape index (κ2) is 3.36. The van der Waals surface area contributed by atoms with Crippen molar-refractivity contribution in [1.29, 1.82) is 0 Å². The van der Waals surface area contributed by atoms with Crippen molar-refractivity contribution in [2.75, 3.05) is 0 Å². The van der Waals surface area contributed by atoms with Gasteiger partial charge in [-0.25, -0.2) is 0 Å². The maximum atomic E-state index is 12.4. The predicted octanol–water partition coefficient (Wildman–Crippen LogP) is 3.41. The van der Waals surface area contributed by atoms with E-state index in [4.69, 9.17) is 0 Å². The first kappa shape index (κ1) is 10.2. The summed E-state index contributed by atoms with van der Waals surface area (Å²) >= 11 is 0. The summed E-state index contributed by atoms with van der Waals surface area (Å²) in [6, 6.07) is 0. The molecule has 1 heterocycles. The Morgan fingerprint density at radius 1 is 1.33 bits per heavy atom. The Morgan fingerprint density at radius 2 is 2.07 bits per heavy atom. The van der Waals surface area contributed by atoms with Gasteiger partial charge in [-0.05, 0) is 25.5 Å². The second-order valence-electron chi connectivity index (χ2n) is 3.68. The Labute approximate surface area is 85.7 Å². The molecule has 0 amide bonds. The van der Waals surface area contributed by atoms with Crippen molar-refractivity contribution in [2.45, 2.75) is 19.5 Å². The lowest BCUT2D eigenvalue weighted by Gasteiger charge is -2.22. The lowest BCUT2D eigenvalue weighted by atomic mass is 9.89. The summed E-state index contributed by atoms with van der Waals surface area (Å²) in [7, 11) is 0. The molecule has 0 N–H and O–H groups in total. The molecular weight excluding hydrogens is 203 g/mol. The first-order valence-corrected chi connectivity index (χ1v) is 4.69. The van der Waals surface area contributed by atoms with E-state index in [-0.39, 0.29) is 5.92 Å². The average molecular weight is 213 g/mol. The van der Waals surface area contributed by atoms with Gasteiger partial charge in [0.1, 0.15) is 0 Å². The fraction of sp³-hybridized carbons (Fsp3) is 0.364. The number of hydrogen-bond acceptors (Lipinski definition) is 1. The number of fused-ring (bicyclic) bond motifs is 1. The maximum Gasteiger partial charge on any atom is 0.416 e. The van der Waals surface area contributed by atoms with E-state index in [9.17, 15) is 13.2 Å². The van der Waals surface area contributed by atoms with Crippen LogP contribution in [0.1, 0.15) is 13.3 Å². The van der Waals surface area contributed by atoms with E-state index in [1.807, 2.05) is 13.0 Å². The van der Waals surface area contributed by atoms with E-state index in [0.29, 0.717) is 6.42 Å². The van der Waals surface area contributed by atoms with E-state index in [1.165, 1.54) is 12.2 Å². The van der Waals surface area contributed by atoms with Crippen molar-refractivity contribution in [2.24, 2.45) is 10.9 Å². The quantitative estimate of drug-likeness (QED) is 0.584. The highest BCUT2D eigenvalue weighted by Crippen LogP contribution is 2.33. The first-order chi connectivity index (χ1) is 6.97. The van der Waals surface area contributed by atoms with Crippen LogP contribution < -0.4 is 0 Å². The summed E-state index contributed by atoms with van der Waals surface area (Å²) in [6.45, 7) is 1.85. The van der Waals surface area contributed by atoms with E-state index >= 15 is 0 Å². The van der Waals surface area contributed by atoms with E-state index in [1.54, 1.807) is 0 Å². The van der Waals surface area contributed by atoms with Gasteiger partial charge >= 0.3 is 6.18 Å². The number of hydrogen-bond donors (Lipinski definition) is 0. The van der Waals surface area contributed by atoms with Crippen LogP contribution in [-0.4, -0.2) is 11.9 Å². The van der Waals surface area contributed by atoms with Crippen LogP contribution in [0.5, 0.6) is 0 Å². The van der Waals surface area contributed by atoms with Gasteiger partial charge in [0.2, 0.25) is 0 Å². The molecule has 0 saturated carbocycles. The molecule has 80 valence electrons.